The van der Waals surface area contributed by atoms with E-state index in [9.17, 15) is 32.7 Å². The normalized spacial score (nSPS) is 14.8. The molecule has 0 aliphatic rings. The molecule has 0 heterocycles. The summed E-state index contributed by atoms with van der Waals surface area (Å²) in [4.78, 5) is 34.4. The number of rotatable bonds is 21. The minimum atomic E-state index is -5.23. The van der Waals surface area contributed by atoms with Crippen LogP contribution in [-0.4, -0.2) is 75.6 Å². The Morgan fingerprint density at radius 1 is 0.974 bits per heavy atom. The number of aliphatic hydroxyl groups is 2. The van der Waals surface area contributed by atoms with Crippen LogP contribution in [0.25, 0.3) is 0 Å². The molecule has 0 fully saturated rings. The van der Waals surface area contributed by atoms with Crippen molar-refractivity contribution in [2.75, 3.05) is 18.9 Å². The molecule has 222 valence electrons. The fourth-order valence-electron chi connectivity index (χ4n) is 3.10. The van der Waals surface area contributed by atoms with Crippen molar-refractivity contribution in [3.63, 3.8) is 0 Å². The highest BCUT2D eigenvalue weighted by molar-refractivity contribution is 8.00. The SMILES string of the molecule is CCCCCC=CCC=CC=CC=C[C@H](SCC(NC(=O)C(F)(F)F)C(=O)NCC(=O)O)[C@H](O)CCCCO. The van der Waals surface area contributed by atoms with E-state index in [1.54, 1.807) is 29.6 Å². The zero-order valence-electron chi connectivity index (χ0n) is 22.2. The summed E-state index contributed by atoms with van der Waals surface area (Å²) in [6.07, 6.45) is 15.4. The van der Waals surface area contributed by atoms with E-state index in [1.165, 1.54) is 19.3 Å². The maximum atomic E-state index is 12.8. The number of amides is 2. The number of hydrogen-bond donors (Lipinski definition) is 5. The van der Waals surface area contributed by atoms with Crippen LogP contribution in [0.15, 0.2) is 48.6 Å². The molecule has 0 saturated carbocycles. The van der Waals surface area contributed by atoms with Gasteiger partial charge >= 0.3 is 18.1 Å². The second kappa shape index (κ2) is 22.3. The van der Waals surface area contributed by atoms with Gasteiger partial charge in [-0.05, 0) is 38.5 Å². The van der Waals surface area contributed by atoms with Gasteiger partial charge in [0.2, 0.25) is 5.91 Å². The molecule has 0 spiro atoms. The van der Waals surface area contributed by atoms with Gasteiger partial charge in [-0.15, -0.1) is 11.8 Å². The predicted octanol–water partition coefficient (Wildman–Crippen LogP) is 4.05. The number of carboxylic acid groups (broad SMARTS) is 1. The lowest BCUT2D eigenvalue weighted by molar-refractivity contribution is -0.174. The average Bonchev–Trinajstić information content (AvgIpc) is 2.88. The number of halogens is 3. The molecule has 39 heavy (non-hydrogen) atoms. The summed E-state index contributed by atoms with van der Waals surface area (Å²) in [5.74, 6) is -5.18. The summed E-state index contributed by atoms with van der Waals surface area (Å²) >= 11 is 0.943. The number of carboxylic acids is 1. The van der Waals surface area contributed by atoms with E-state index in [0.717, 1.165) is 24.6 Å². The smallest absolute Gasteiger partial charge is 0.471 e. The number of thioether (sulfide) groups is 1. The molecule has 0 rings (SSSR count). The summed E-state index contributed by atoms with van der Waals surface area (Å²) in [6.45, 7) is 1.27. The van der Waals surface area contributed by atoms with Crippen LogP contribution >= 0.6 is 11.8 Å². The van der Waals surface area contributed by atoms with Gasteiger partial charge in [-0.1, -0.05) is 68.4 Å². The standard InChI is InChI=1S/C27H41F3N2O6S/c1-2-3-4-5-6-7-8-9-10-11-12-13-17-23(22(34)16-14-15-18-33)39-20-21(25(37)31-19-24(35)36)32-26(38)27(28,29)30/h6-7,9-13,17,21-23,33-34H,2-5,8,14-16,18-20H2,1H3,(H,31,37)(H,32,38)(H,35,36)/t21?,22-,23+/m1/s1. The molecule has 0 aliphatic carbocycles. The molecule has 0 saturated heterocycles. The van der Waals surface area contributed by atoms with Crippen LogP contribution in [0.2, 0.25) is 0 Å². The van der Waals surface area contributed by atoms with Crippen LogP contribution in [0.3, 0.4) is 0 Å². The lowest BCUT2D eigenvalue weighted by Gasteiger charge is -2.23. The van der Waals surface area contributed by atoms with Gasteiger partial charge in [0.05, 0.1) is 6.10 Å². The van der Waals surface area contributed by atoms with Gasteiger partial charge in [-0.25, -0.2) is 0 Å². The highest BCUT2D eigenvalue weighted by Crippen LogP contribution is 2.22. The van der Waals surface area contributed by atoms with E-state index in [0.29, 0.717) is 19.3 Å². The first-order valence-electron chi connectivity index (χ1n) is 13.0. The molecule has 1 unspecified atom stereocenters. The van der Waals surface area contributed by atoms with Crippen molar-refractivity contribution >= 4 is 29.5 Å². The fourth-order valence-corrected chi connectivity index (χ4v) is 4.31. The number of carbonyl (C=O) groups is 3. The van der Waals surface area contributed by atoms with Gasteiger partial charge in [-0.2, -0.15) is 13.2 Å². The van der Waals surface area contributed by atoms with E-state index in [-0.39, 0.29) is 12.4 Å². The van der Waals surface area contributed by atoms with Gasteiger partial charge in [0.25, 0.3) is 0 Å². The van der Waals surface area contributed by atoms with E-state index >= 15 is 0 Å². The van der Waals surface area contributed by atoms with Crippen LogP contribution in [0.5, 0.6) is 0 Å². The van der Waals surface area contributed by atoms with Crippen molar-refractivity contribution in [1.29, 1.82) is 0 Å². The monoisotopic (exact) mass is 578 g/mol. The van der Waals surface area contributed by atoms with Crippen LogP contribution in [0, 0.1) is 0 Å². The molecular weight excluding hydrogens is 537 g/mol. The number of allylic oxidation sites excluding steroid dienone is 7. The molecular formula is C27H41F3N2O6S. The summed E-state index contributed by atoms with van der Waals surface area (Å²) in [6, 6.07) is -1.68. The minimum Gasteiger partial charge on any atom is -0.480 e. The number of alkyl halides is 3. The molecule has 0 aromatic heterocycles. The Hall–Kier alpha value is -2.57. The Morgan fingerprint density at radius 2 is 1.69 bits per heavy atom. The molecule has 5 N–H and O–H groups in total. The third-order valence-corrected chi connectivity index (χ3v) is 6.60. The van der Waals surface area contributed by atoms with E-state index in [1.807, 2.05) is 17.5 Å². The van der Waals surface area contributed by atoms with Crippen LogP contribution in [0.1, 0.15) is 58.3 Å². The first-order valence-corrected chi connectivity index (χ1v) is 14.0. The highest BCUT2D eigenvalue weighted by atomic mass is 32.2. The zero-order chi connectivity index (χ0) is 29.5. The van der Waals surface area contributed by atoms with Gasteiger partial charge in [0, 0.05) is 17.6 Å². The van der Waals surface area contributed by atoms with E-state index in [2.05, 4.69) is 19.1 Å². The van der Waals surface area contributed by atoms with Gasteiger partial charge in [-0.3, -0.25) is 14.4 Å². The summed E-state index contributed by atoms with van der Waals surface area (Å²) < 4.78 is 38.3. The fraction of sp³-hybridized carbons (Fsp3) is 0.593. The van der Waals surface area contributed by atoms with E-state index < -0.39 is 47.9 Å². The molecule has 12 heteroatoms. The first kappa shape index (κ1) is 36.4. The van der Waals surface area contributed by atoms with Gasteiger partial charge < -0.3 is 26.0 Å². The minimum absolute atomic E-state index is 0.0569. The lowest BCUT2D eigenvalue weighted by atomic mass is 10.1. The second-order valence-electron chi connectivity index (χ2n) is 8.62. The van der Waals surface area contributed by atoms with Gasteiger partial charge in [0.15, 0.2) is 0 Å². The second-order valence-corrected chi connectivity index (χ2v) is 9.83. The third-order valence-electron chi connectivity index (χ3n) is 5.22. The molecule has 0 bridgehead atoms. The molecule has 2 amide bonds. The quantitative estimate of drug-likeness (QED) is 0.0788. The Balaban J connectivity index is 5.25. The average molecular weight is 579 g/mol. The Morgan fingerprint density at radius 3 is 2.33 bits per heavy atom. The summed E-state index contributed by atoms with van der Waals surface area (Å²) in [5, 5.41) is 31.2. The Bertz CT molecular complexity index is 831. The molecule has 3 atom stereocenters. The zero-order valence-corrected chi connectivity index (χ0v) is 23.1. The topological polar surface area (TPSA) is 136 Å². The van der Waals surface area contributed by atoms with Crippen LogP contribution in [-0.2, 0) is 14.4 Å². The third kappa shape index (κ3) is 20.1. The van der Waals surface area contributed by atoms with Crippen molar-refractivity contribution < 1.29 is 42.9 Å². The number of aliphatic carboxylic acids is 1. The van der Waals surface area contributed by atoms with Crippen molar-refractivity contribution in [2.45, 2.75) is 81.9 Å². The Kier molecular flexibility index (Phi) is 20.8. The predicted molar refractivity (Wildman–Crippen MR) is 147 cm³/mol. The number of unbranched alkanes of at least 4 members (excludes halogenated alkanes) is 4. The summed E-state index contributed by atoms with van der Waals surface area (Å²) in [7, 11) is 0. The van der Waals surface area contributed by atoms with Crippen LogP contribution < -0.4 is 10.6 Å². The molecule has 0 radical (unpaired) electrons. The van der Waals surface area contributed by atoms with E-state index in [4.69, 9.17) is 10.2 Å². The number of hydrogen-bond acceptors (Lipinski definition) is 6. The van der Waals surface area contributed by atoms with Crippen molar-refractivity contribution in [2.24, 2.45) is 0 Å². The van der Waals surface area contributed by atoms with Crippen molar-refractivity contribution in [3.05, 3.63) is 48.6 Å². The maximum absolute atomic E-state index is 12.8. The summed E-state index contributed by atoms with van der Waals surface area (Å²) in [5.41, 5.74) is 0. The largest absolute Gasteiger partial charge is 0.480 e. The van der Waals surface area contributed by atoms with Crippen molar-refractivity contribution in [1.82, 2.24) is 10.6 Å². The lowest BCUT2D eigenvalue weighted by Crippen LogP contribution is -2.52. The maximum Gasteiger partial charge on any atom is 0.471 e. The molecule has 0 aromatic carbocycles. The molecule has 8 nitrogen and oxygen atoms in total. The number of nitrogens with one attached hydrogen (secondary N) is 2. The molecule has 0 aromatic rings. The highest BCUT2D eigenvalue weighted by Gasteiger charge is 2.41. The van der Waals surface area contributed by atoms with Crippen molar-refractivity contribution in [3.8, 4) is 0 Å². The number of carbonyl (C=O) groups excluding carboxylic acids is 2. The molecule has 0 aliphatic heterocycles. The first-order chi connectivity index (χ1) is 18.5. The number of aliphatic hydroxyl groups excluding tert-OH is 2. The van der Waals surface area contributed by atoms with Crippen LogP contribution in [0.4, 0.5) is 13.2 Å². The van der Waals surface area contributed by atoms with Gasteiger partial charge in [0.1, 0.15) is 12.6 Å². The Labute approximate surface area is 232 Å².